The maximum Gasteiger partial charge on any atom is 0.317 e. The van der Waals surface area contributed by atoms with Crippen LogP contribution in [0.25, 0.3) is 0 Å². The highest BCUT2D eigenvalue weighted by Crippen LogP contribution is 2.26. The van der Waals surface area contributed by atoms with Gasteiger partial charge in [0.05, 0.1) is 0 Å². The predicted molar refractivity (Wildman–Crippen MR) is 84.3 cm³/mol. The van der Waals surface area contributed by atoms with Crippen molar-refractivity contribution in [3.63, 3.8) is 0 Å². The molecule has 1 aromatic heterocycles. The lowest BCUT2D eigenvalue weighted by atomic mass is 9.93. The molecule has 0 aliphatic carbocycles. The first-order chi connectivity index (χ1) is 10.1. The van der Waals surface area contributed by atoms with Crippen molar-refractivity contribution in [3.05, 3.63) is 30.1 Å². The van der Waals surface area contributed by atoms with E-state index in [1.165, 1.54) is 5.56 Å². The number of amides is 2. The van der Waals surface area contributed by atoms with E-state index in [0.29, 0.717) is 12.0 Å². The van der Waals surface area contributed by atoms with E-state index in [9.17, 15) is 4.79 Å². The number of carbonyl (C=O) groups is 1. The lowest BCUT2D eigenvalue weighted by Crippen LogP contribution is -2.54. The molecule has 116 valence electrons. The molecule has 0 unspecified atom stereocenters. The number of urea groups is 1. The topological polar surface area (TPSA) is 48.5 Å². The summed E-state index contributed by atoms with van der Waals surface area (Å²) in [6.07, 6.45) is 5.86. The zero-order chi connectivity index (χ0) is 15.2. The van der Waals surface area contributed by atoms with Crippen molar-refractivity contribution in [1.82, 2.24) is 20.1 Å². The van der Waals surface area contributed by atoms with E-state index >= 15 is 0 Å². The largest absolute Gasteiger partial charge is 0.336 e. The summed E-state index contributed by atoms with van der Waals surface area (Å²) in [6, 6.07) is 4.53. The molecule has 21 heavy (non-hydrogen) atoms. The molecule has 5 nitrogen and oxygen atoms in total. The van der Waals surface area contributed by atoms with Crippen LogP contribution in [-0.4, -0.2) is 60.6 Å². The Bertz CT molecular complexity index is 443. The summed E-state index contributed by atoms with van der Waals surface area (Å²) in [7, 11) is 4.13. The molecule has 0 aromatic carbocycles. The van der Waals surface area contributed by atoms with E-state index in [4.69, 9.17) is 0 Å². The summed E-state index contributed by atoms with van der Waals surface area (Å²) in [5.74, 6) is 0.457. The van der Waals surface area contributed by atoms with Crippen LogP contribution in [0, 0.1) is 0 Å². The lowest BCUT2D eigenvalue weighted by molar-refractivity contribution is 0.147. The average Bonchev–Trinajstić information content (AvgIpc) is 2.42. The highest BCUT2D eigenvalue weighted by molar-refractivity contribution is 5.75. The van der Waals surface area contributed by atoms with Crippen molar-refractivity contribution in [1.29, 1.82) is 0 Å². The second-order valence-corrected chi connectivity index (χ2v) is 5.97. The molecule has 2 heterocycles. The molecule has 1 atom stereocenters. The third-order valence-electron chi connectivity index (χ3n) is 4.19. The predicted octanol–water partition coefficient (Wildman–Crippen LogP) is 1.92. The Morgan fingerprint density at radius 1 is 1.43 bits per heavy atom. The summed E-state index contributed by atoms with van der Waals surface area (Å²) >= 11 is 0. The number of hydrogen-bond donors (Lipinski definition) is 1. The van der Waals surface area contributed by atoms with Crippen LogP contribution in [0.1, 0.15) is 31.2 Å². The zero-order valence-corrected chi connectivity index (χ0v) is 13.2. The average molecular weight is 290 g/mol. The van der Waals surface area contributed by atoms with E-state index in [0.717, 1.165) is 32.5 Å². The van der Waals surface area contributed by atoms with Gasteiger partial charge >= 0.3 is 6.03 Å². The first-order valence-electron chi connectivity index (χ1n) is 7.71. The fraction of sp³-hybridized carbons (Fsp3) is 0.625. The van der Waals surface area contributed by atoms with Crippen LogP contribution < -0.4 is 5.32 Å². The molecule has 1 N–H and O–H groups in total. The Labute approximate surface area is 127 Å². The molecular weight excluding hydrogens is 264 g/mol. The number of likely N-dealkylation sites (tertiary alicyclic amines) is 1. The number of hydrogen-bond acceptors (Lipinski definition) is 3. The minimum absolute atomic E-state index is 0.0586. The molecule has 2 amide bonds. The van der Waals surface area contributed by atoms with Crippen molar-refractivity contribution in [2.45, 2.75) is 31.7 Å². The van der Waals surface area contributed by atoms with Crippen LogP contribution >= 0.6 is 0 Å². The Morgan fingerprint density at radius 2 is 2.10 bits per heavy atom. The Kier molecular flexibility index (Phi) is 5.56. The summed E-state index contributed by atoms with van der Waals surface area (Å²) in [6.45, 7) is 4.50. The van der Waals surface area contributed by atoms with Crippen molar-refractivity contribution in [3.8, 4) is 0 Å². The monoisotopic (exact) mass is 290 g/mol. The van der Waals surface area contributed by atoms with E-state index < -0.39 is 0 Å². The van der Waals surface area contributed by atoms with Gasteiger partial charge in [0, 0.05) is 44.0 Å². The normalized spacial score (nSPS) is 16.7. The van der Waals surface area contributed by atoms with Crippen LogP contribution in [0.3, 0.4) is 0 Å². The van der Waals surface area contributed by atoms with E-state index in [-0.39, 0.29) is 6.03 Å². The number of aromatic nitrogens is 1. The molecular formula is C16H26N4O. The number of carbonyl (C=O) groups excluding carboxylic acids is 1. The van der Waals surface area contributed by atoms with Crippen molar-refractivity contribution >= 4 is 6.03 Å². The van der Waals surface area contributed by atoms with Crippen LogP contribution in [0.5, 0.6) is 0 Å². The van der Waals surface area contributed by atoms with E-state index in [1.807, 2.05) is 29.4 Å². The smallest absolute Gasteiger partial charge is 0.317 e. The van der Waals surface area contributed by atoms with Crippen molar-refractivity contribution < 1.29 is 4.79 Å². The quantitative estimate of drug-likeness (QED) is 0.871. The summed E-state index contributed by atoms with van der Waals surface area (Å²) in [5.41, 5.74) is 1.27. The lowest BCUT2D eigenvalue weighted by Gasteiger charge is -2.39. The summed E-state index contributed by atoms with van der Waals surface area (Å²) in [4.78, 5) is 20.2. The van der Waals surface area contributed by atoms with Gasteiger partial charge in [-0.25, -0.2) is 4.79 Å². The van der Waals surface area contributed by atoms with Gasteiger partial charge in [-0.15, -0.1) is 0 Å². The highest BCUT2D eigenvalue weighted by atomic mass is 16.2. The van der Waals surface area contributed by atoms with Gasteiger partial charge in [-0.3, -0.25) is 4.98 Å². The molecule has 1 saturated heterocycles. The number of nitrogens with zero attached hydrogens (tertiary/aromatic N) is 3. The molecule has 0 radical (unpaired) electrons. The zero-order valence-electron chi connectivity index (χ0n) is 13.2. The number of likely N-dealkylation sites (N-methyl/N-ethyl adjacent to an activating group) is 1. The molecule has 1 fully saturated rings. The Morgan fingerprint density at radius 3 is 2.67 bits per heavy atom. The Hall–Kier alpha value is -1.62. The maximum absolute atomic E-state index is 12.1. The van der Waals surface area contributed by atoms with Gasteiger partial charge in [-0.05, 0) is 38.2 Å². The summed E-state index contributed by atoms with van der Waals surface area (Å²) < 4.78 is 0. The maximum atomic E-state index is 12.1. The highest BCUT2D eigenvalue weighted by Gasteiger charge is 2.31. The SMILES string of the molecule is CCC[C@H](CNC(=O)N1CC(c2ccncc2)C1)N(C)C. The standard InChI is InChI=1S/C16H26N4O/c1-4-5-15(19(2)3)10-18-16(21)20-11-14(12-20)13-6-8-17-9-7-13/h6-9,14-15H,4-5,10-12H2,1-3H3,(H,18,21)/t15-/m1/s1. The van der Waals surface area contributed by atoms with Gasteiger partial charge in [0.25, 0.3) is 0 Å². The number of nitrogens with one attached hydrogen (secondary N) is 1. The van der Waals surface area contributed by atoms with Crippen LogP contribution in [0.15, 0.2) is 24.5 Å². The molecule has 5 heteroatoms. The van der Waals surface area contributed by atoms with Gasteiger partial charge in [0.15, 0.2) is 0 Å². The second-order valence-electron chi connectivity index (χ2n) is 5.97. The number of rotatable bonds is 6. The third kappa shape index (κ3) is 4.17. The molecule has 0 spiro atoms. The first kappa shape index (κ1) is 15.8. The Balaban J connectivity index is 1.74. The second kappa shape index (κ2) is 7.41. The van der Waals surface area contributed by atoms with Gasteiger partial charge in [0.1, 0.15) is 0 Å². The van der Waals surface area contributed by atoms with Gasteiger partial charge in [-0.2, -0.15) is 0 Å². The minimum Gasteiger partial charge on any atom is -0.336 e. The van der Waals surface area contributed by atoms with Crippen molar-refractivity contribution in [2.75, 3.05) is 33.7 Å². The molecule has 1 aromatic rings. The van der Waals surface area contributed by atoms with E-state index in [2.05, 4.69) is 36.2 Å². The third-order valence-corrected chi connectivity index (χ3v) is 4.19. The molecule has 0 saturated carbocycles. The van der Waals surface area contributed by atoms with Crippen molar-refractivity contribution in [2.24, 2.45) is 0 Å². The van der Waals surface area contributed by atoms with Gasteiger partial charge < -0.3 is 15.1 Å². The summed E-state index contributed by atoms with van der Waals surface area (Å²) in [5, 5.41) is 3.06. The minimum atomic E-state index is 0.0586. The van der Waals surface area contributed by atoms with Crippen LogP contribution in [0.4, 0.5) is 4.79 Å². The fourth-order valence-electron chi connectivity index (χ4n) is 2.68. The van der Waals surface area contributed by atoms with Gasteiger partial charge in [0.2, 0.25) is 0 Å². The van der Waals surface area contributed by atoms with Crippen LogP contribution in [0.2, 0.25) is 0 Å². The fourth-order valence-corrected chi connectivity index (χ4v) is 2.68. The number of pyridine rings is 1. The molecule has 0 bridgehead atoms. The molecule has 1 aliphatic heterocycles. The van der Waals surface area contributed by atoms with E-state index in [1.54, 1.807) is 0 Å². The van der Waals surface area contributed by atoms with Gasteiger partial charge in [-0.1, -0.05) is 13.3 Å². The molecule has 1 aliphatic rings. The first-order valence-corrected chi connectivity index (χ1v) is 7.71. The van der Waals surface area contributed by atoms with Crippen LogP contribution in [-0.2, 0) is 0 Å². The molecule has 2 rings (SSSR count).